The molecule has 0 aliphatic heterocycles. The smallest absolute Gasteiger partial charge is 0.167 e. The van der Waals surface area contributed by atoms with E-state index >= 15 is 0 Å². The molecule has 98 valence electrons. The molecule has 1 rings (SSSR count). The number of nitrogen functional groups attached to an aromatic ring is 1. The fourth-order valence-electron chi connectivity index (χ4n) is 1.85. The Hall–Kier alpha value is -1.03. The quantitative estimate of drug-likeness (QED) is 0.795. The largest absolute Gasteiger partial charge is 0.381 e. The summed E-state index contributed by atoms with van der Waals surface area (Å²) >= 11 is 0. The van der Waals surface area contributed by atoms with Gasteiger partial charge in [-0.25, -0.2) is 0 Å². The Morgan fingerprint density at radius 1 is 1.53 bits per heavy atom. The molecule has 0 radical (unpaired) electrons. The van der Waals surface area contributed by atoms with Crippen molar-refractivity contribution in [3.05, 3.63) is 11.8 Å². The Labute approximate surface area is 103 Å². The lowest BCUT2D eigenvalue weighted by Gasteiger charge is -2.23. The standard InChI is InChI=1S/C13H24N2O2/c1-10(6-5-7-13(2,3)16-4)8-11-9-12(14)15-17-11/h9-10H,5-8H2,1-4H3,(H2,14,15). The van der Waals surface area contributed by atoms with E-state index in [0.717, 1.165) is 31.4 Å². The van der Waals surface area contributed by atoms with Crippen molar-refractivity contribution in [3.8, 4) is 0 Å². The van der Waals surface area contributed by atoms with Crippen molar-refractivity contribution in [1.82, 2.24) is 5.16 Å². The van der Waals surface area contributed by atoms with Gasteiger partial charge in [-0.3, -0.25) is 0 Å². The predicted molar refractivity (Wildman–Crippen MR) is 68.7 cm³/mol. The Kier molecular flexibility index (Phi) is 5.00. The molecule has 4 heteroatoms. The van der Waals surface area contributed by atoms with Crippen LogP contribution in [0.1, 0.15) is 45.8 Å². The average molecular weight is 240 g/mol. The van der Waals surface area contributed by atoms with Crippen molar-refractivity contribution in [1.29, 1.82) is 0 Å². The van der Waals surface area contributed by atoms with Gasteiger partial charge in [-0.05, 0) is 26.2 Å². The number of aromatic nitrogens is 1. The Balaban J connectivity index is 2.24. The fourth-order valence-corrected chi connectivity index (χ4v) is 1.85. The molecule has 2 N–H and O–H groups in total. The molecule has 1 aromatic rings. The summed E-state index contributed by atoms with van der Waals surface area (Å²) in [5, 5.41) is 3.69. The number of nitrogens with two attached hydrogens (primary N) is 1. The third-order valence-corrected chi connectivity index (χ3v) is 3.16. The summed E-state index contributed by atoms with van der Waals surface area (Å²) in [4.78, 5) is 0. The first-order chi connectivity index (χ1) is 7.93. The highest BCUT2D eigenvalue weighted by Gasteiger charge is 2.16. The monoisotopic (exact) mass is 240 g/mol. The normalized spacial score (nSPS) is 13.9. The highest BCUT2D eigenvalue weighted by Crippen LogP contribution is 2.21. The van der Waals surface area contributed by atoms with E-state index in [1.54, 1.807) is 13.2 Å². The van der Waals surface area contributed by atoms with Crippen LogP contribution in [-0.4, -0.2) is 17.9 Å². The van der Waals surface area contributed by atoms with Crippen LogP contribution in [-0.2, 0) is 11.2 Å². The van der Waals surface area contributed by atoms with Crippen molar-refractivity contribution >= 4 is 5.82 Å². The third kappa shape index (κ3) is 5.22. The average Bonchev–Trinajstić information content (AvgIpc) is 2.63. The van der Waals surface area contributed by atoms with Crippen LogP contribution in [0.4, 0.5) is 5.82 Å². The number of ether oxygens (including phenoxy) is 1. The van der Waals surface area contributed by atoms with E-state index in [-0.39, 0.29) is 5.60 Å². The van der Waals surface area contributed by atoms with Crippen molar-refractivity contribution in [2.24, 2.45) is 5.92 Å². The molecule has 17 heavy (non-hydrogen) atoms. The Morgan fingerprint density at radius 3 is 2.76 bits per heavy atom. The van der Waals surface area contributed by atoms with Gasteiger partial charge in [-0.2, -0.15) is 0 Å². The maximum atomic E-state index is 5.51. The first-order valence-corrected chi connectivity index (χ1v) is 6.19. The maximum absolute atomic E-state index is 5.51. The van der Waals surface area contributed by atoms with Gasteiger partial charge in [-0.15, -0.1) is 0 Å². The van der Waals surface area contributed by atoms with E-state index in [9.17, 15) is 0 Å². The first kappa shape index (κ1) is 14.0. The summed E-state index contributed by atoms with van der Waals surface area (Å²) in [6.45, 7) is 6.46. The number of hydrogen-bond donors (Lipinski definition) is 1. The van der Waals surface area contributed by atoms with Gasteiger partial charge in [-0.1, -0.05) is 24.9 Å². The summed E-state index contributed by atoms with van der Waals surface area (Å²) in [5.74, 6) is 1.92. The van der Waals surface area contributed by atoms with Gasteiger partial charge in [0.2, 0.25) is 0 Å². The summed E-state index contributed by atoms with van der Waals surface area (Å²) in [6.07, 6.45) is 4.29. The molecule has 1 heterocycles. The zero-order chi connectivity index (χ0) is 12.9. The number of rotatable bonds is 7. The van der Waals surface area contributed by atoms with E-state index in [1.165, 1.54) is 0 Å². The van der Waals surface area contributed by atoms with E-state index in [1.807, 2.05) is 0 Å². The molecule has 0 bridgehead atoms. The Morgan fingerprint density at radius 2 is 2.24 bits per heavy atom. The second kappa shape index (κ2) is 6.05. The van der Waals surface area contributed by atoms with Gasteiger partial charge in [0.15, 0.2) is 5.82 Å². The number of nitrogens with zero attached hydrogens (tertiary/aromatic N) is 1. The van der Waals surface area contributed by atoms with Crippen LogP contribution in [0.3, 0.4) is 0 Å². The molecule has 1 unspecified atom stereocenters. The second-order valence-corrected chi connectivity index (χ2v) is 5.38. The van der Waals surface area contributed by atoms with Gasteiger partial charge >= 0.3 is 0 Å². The van der Waals surface area contributed by atoms with Crippen LogP contribution in [0.15, 0.2) is 10.6 Å². The fraction of sp³-hybridized carbons (Fsp3) is 0.769. The summed E-state index contributed by atoms with van der Waals surface area (Å²) < 4.78 is 10.5. The predicted octanol–water partition coefficient (Wildman–Crippen LogP) is 3.03. The second-order valence-electron chi connectivity index (χ2n) is 5.38. The van der Waals surface area contributed by atoms with E-state index in [0.29, 0.717) is 11.7 Å². The molecule has 0 fully saturated rings. The molecule has 0 aliphatic carbocycles. The number of anilines is 1. The highest BCUT2D eigenvalue weighted by atomic mass is 16.5. The molecule has 0 amide bonds. The molecule has 0 aromatic carbocycles. The van der Waals surface area contributed by atoms with Crippen molar-refractivity contribution in [3.63, 3.8) is 0 Å². The van der Waals surface area contributed by atoms with Crippen LogP contribution in [0.25, 0.3) is 0 Å². The van der Waals surface area contributed by atoms with Crippen molar-refractivity contribution in [2.75, 3.05) is 12.8 Å². The molecule has 4 nitrogen and oxygen atoms in total. The van der Waals surface area contributed by atoms with Gasteiger partial charge in [0.25, 0.3) is 0 Å². The maximum Gasteiger partial charge on any atom is 0.167 e. The summed E-state index contributed by atoms with van der Waals surface area (Å²) in [6, 6.07) is 1.80. The molecule has 0 spiro atoms. The zero-order valence-electron chi connectivity index (χ0n) is 11.3. The Bertz CT molecular complexity index is 334. The first-order valence-electron chi connectivity index (χ1n) is 6.19. The van der Waals surface area contributed by atoms with Gasteiger partial charge in [0, 0.05) is 19.6 Å². The molecule has 0 saturated carbocycles. The minimum atomic E-state index is -0.0175. The van der Waals surface area contributed by atoms with Crippen molar-refractivity contribution in [2.45, 2.75) is 52.1 Å². The van der Waals surface area contributed by atoms with Crippen LogP contribution in [0.5, 0.6) is 0 Å². The van der Waals surface area contributed by atoms with Crippen LogP contribution in [0.2, 0.25) is 0 Å². The van der Waals surface area contributed by atoms with Gasteiger partial charge < -0.3 is 15.0 Å². The van der Waals surface area contributed by atoms with Crippen molar-refractivity contribution < 1.29 is 9.26 Å². The van der Waals surface area contributed by atoms with Crippen LogP contribution >= 0.6 is 0 Å². The van der Waals surface area contributed by atoms with E-state index in [2.05, 4.69) is 25.9 Å². The molecule has 1 aromatic heterocycles. The highest BCUT2D eigenvalue weighted by molar-refractivity contribution is 5.26. The zero-order valence-corrected chi connectivity index (χ0v) is 11.3. The lowest BCUT2D eigenvalue weighted by molar-refractivity contribution is 0.0127. The minimum Gasteiger partial charge on any atom is -0.381 e. The molecule has 0 saturated heterocycles. The molecular formula is C13H24N2O2. The molecule has 1 atom stereocenters. The molecular weight excluding hydrogens is 216 g/mol. The summed E-state index contributed by atoms with van der Waals surface area (Å²) in [7, 11) is 1.76. The lowest BCUT2D eigenvalue weighted by atomic mass is 9.94. The molecule has 0 aliphatic rings. The minimum absolute atomic E-state index is 0.0175. The summed E-state index contributed by atoms with van der Waals surface area (Å²) in [5.41, 5.74) is 5.49. The van der Waals surface area contributed by atoms with E-state index < -0.39 is 0 Å². The van der Waals surface area contributed by atoms with Crippen LogP contribution in [0, 0.1) is 5.92 Å². The lowest BCUT2D eigenvalue weighted by Crippen LogP contribution is -2.22. The van der Waals surface area contributed by atoms with Crippen LogP contribution < -0.4 is 5.73 Å². The topological polar surface area (TPSA) is 61.3 Å². The van der Waals surface area contributed by atoms with Gasteiger partial charge in [0.1, 0.15) is 5.76 Å². The van der Waals surface area contributed by atoms with Gasteiger partial charge in [0.05, 0.1) is 5.60 Å². The third-order valence-electron chi connectivity index (χ3n) is 3.16. The SMILES string of the molecule is COC(C)(C)CCCC(C)Cc1cc(N)no1. The number of methoxy groups -OCH3 is 1. The van der Waals surface area contributed by atoms with E-state index in [4.69, 9.17) is 15.0 Å². The number of hydrogen-bond acceptors (Lipinski definition) is 4.